The topological polar surface area (TPSA) is 58.6 Å². The fraction of sp³-hybridized carbons (Fsp3) is 0.333. The third-order valence-electron chi connectivity index (χ3n) is 6.54. The number of carbonyl (C=O) groups excluding carboxylic acids is 2. The van der Waals surface area contributed by atoms with Crippen LogP contribution in [0.4, 0.5) is 4.39 Å². The van der Waals surface area contributed by atoms with Gasteiger partial charge in [-0.3, -0.25) is 9.59 Å². The first-order valence-corrected chi connectivity index (χ1v) is 12.6. The second-order valence-electron chi connectivity index (χ2n) is 9.22. The van der Waals surface area contributed by atoms with Crippen molar-refractivity contribution in [1.82, 2.24) is 10.2 Å². The Bertz CT molecular complexity index is 1100. The molecule has 0 aliphatic carbocycles. The van der Waals surface area contributed by atoms with Crippen LogP contribution in [0.2, 0.25) is 0 Å². The van der Waals surface area contributed by atoms with Gasteiger partial charge in [-0.05, 0) is 48.1 Å². The lowest BCUT2D eigenvalue weighted by Gasteiger charge is -2.32. The van der Waals surface area contributed by atoms with Gasteiger partial charge < -0.3 is 15.0 Å². The summed E-state index contributed by atoms with van der Waals surface area (Å²) in [5, 5.41) is 3.03. The molecule has 1 aliphatic heterocycles. The van der Waals surface area contributed by atoms with Gasteiger partial charge in [-0.15, -0.1) is 0 Å². The predicted octanol–water partition coefficient (Wildman–Crippen LogP) is 4.69. The average Bonchev–Trinajstić information content (AvgIpc) is 3.44. The Labute approximate surface area is 212 Å². The van der Waals surface area contributed by atoms with Crippen molar-refractivity contribution in [2.45, 2.75) is 50.8 Å². The number of nitrogens with one attached hydrogen (secondary N) is 1. The summed E-state index contributed by atoms with van der Waals surface area (Å²) in [6, 6.07) is 24.9. The normalized spacial score (nSPS) is 15.9. The number of aryl methyl sites for hydroxylation is 1. The van der Waals surface area contributed by atoms with Gasteiger partial charge in [0.25, 0.3) is 0 Å². The Hall–Kier alpha value is -3.51. The first-order valence-electron chi connectivity index (χ1n) is 12.6. The molecule has 1 saturated heterocycles. The van der Waals surface area contributed by atoms with Crippen molar-refractivity contribution < 1.29 is 18.7 Å². The lowest BCUT2D eigenvalue weighted by molar-refractivity contribution is -0.141. The molecule has 188 valence electrons. The summed E-state index contributed by atoms with van der Waals surface area (Å²) < 4.78 is 19.2. The maximum absolute atomic E-state index is 13.6. The van der Waals surface area contributed by atoms with Crippen LogP contribution >= 0.6 is 0 Å². The van der Waals surface area contributed by atoms with E-state index in [0.717, 1.165) is 29.5 Å². The zero-order chi connectivity index (χ0) is 25.2. The molecule has 1 N–H and O–H groups in total. The Balaban J connectivity index is 1.57. The minimum absolute atomic E-state index is 0.00524. The highest BCUT2D eigenvalue weighted by Gasteiger charge is 2.31. The monoisotopic (exact) mass is 488 g/mol. The zero-order valence-electron chi connectivity index (χ0n) is 20.4. The SMILES string of the molecule is O=C(NC[C@H]1CCCO1)[C@@H](Cc1ccccc1)N(Cc1ccc(F)cc1)C(=O)CCc1ccccc1. The number of carbonyl (C=O) groups is 2. The van der Waals surface area contributed by atoms with Gasteiger partial charge in [0.1, 0.15) is 11.9 Å². The molecular weight excluding hydrogens is 455 g/mol. The third kappa shape index (κ3) is 7.49. The molecule has 6 heteroatoms. The quantitative estimate of drug-likeness (QED) is 0.426. The van der Waals surface area contributed by atoms with Gasteiger partial charge in [0.05, 0.1) is 6.10 Å². The Morgan fingerprint density at radius 1 is 0.917 bits per heavy atom. The van der Waals surface area contributed by atoms with E-state index in [9.17, 15) is 14.0 Å². The maximum Gasteiger partial charge on any atom is 0.243 e. The van der Waals surface area contributed by atoms with E-state index in [1.165, 1.54) is 12.1 Å². The Morgan fingerprint density at radius 3 is 2.22 bits per heavy atom. The summed E-state index contributed by atoms with van der Waals surface area (Å²) in [4.78, 5) is 28.8. The van der Waals surface area contributed by atoms with Crippen molar-refractivity contribution in [2.24, 2.45) is 0 Å². The van der Waals surface area contributed by atoms with Crippen LogP contribution in [0.3, 0.4) is 0 Å². The molecule has 4 rings (SSSR count). The van der Waals surface area contributed by atoms with Gasteiger partial charge >= 0.3 is 0 Å². The summed E-state index contributed by atoms with van der Waals surface area (Å²) in [7, 11) is 0. The van der Waals surface area contributed by atoms with Crippen molar-refractivity contribution in [3.05, 3.63) is 107 Å². The van der Waals surface area contributed by atoms with Crippen molar-refractivity contribution in [2.75, 3.05) is 13.2 Å². The van der Waals surface area contributed by atoms with Crippen LogP contribution in [0.15, 0.2) is 84.9 Å². The van der Waals surface area contributed by atoms with E-state index < -0.39 is 6.04 Å². The van der Waals surface area contributed by atoms with E-state index in [2.05, 4.69) is 5.32 Å². The molecule has 2 atom stereocenters. The molecule has 5 nitrogen and oxygen atoms in total. The molecule has 2 amide bonds. The number of hydrogen-bond acceptors (Lipinski definition) is 3. The van der Waals surface area contributed by atoms with Crippen molar-refractivity contribution in [3.8, 4) is 0 Å². The summed E-state index contributed by atoms with van der Waals surface area (Å²) in [5.74, 6) is -0.656. The minimum Gasteiger partial charge on any atom is -0.376 e. The van der Waals surface area contributed by atoms with Crippen LogP contribution in [-0.2, 0) is 33.7 Å². The first kappa shape index (κ1) is 25.6. The van der Waals surface area contributed by atoms with E-state index in [4.69, 9.17) is 4.74 Å². The molecule has 1 aliphatic rings. The van der Waals surface area contributed by atoms with Crippen LogP contribution in [0.25, 0.3) is 0 Å². The average molecular weight is 489 g/mol. The molecule has 3 aromatic carbocycles. The number of amides is 2. The number of halogens is 1. The van der Waals surface area contributed by atoms with Crippen molar-refractivity contribution >= 4 is 11.8 Å². The first-order chi connectivity index (χ1) is 17.6. The second-order valence-corrected chi connectivity index (χ2v) is 9.22. The summed E-state index contributed by atoms with van der Waals surface area (Å²) in [5.41, 5.74) is 2.80. The van der Waals surface area contributed by atoms with Crippen LogP contribution in [-0.4, -0.2) is 42.0 Å². The highest BCUT2D eigenvalue weighted by molar-refractivity contribution is 5.88. The van der Waals surface area contributed by atoms with E-state index in [1.807, 2.05) is 60.7 Å². The molecule has 36 heavy (non-hydrogen) atoms. The fourth-order valence-electron chi connectivity index (χ4n) is 4.52. The molecule has 0 unspecified atom stereocenters. The van der Waals surface area contributed by atoms with Crippen LogP contribution in [0, 0.1) is 5.82 Å². The number of ether oxygens (including phenoxy) is 1. The smallest absolute Gasteiger partial charge is 0.243 e. The molecule has 3 aromatic rings. The number of hydrogen-bond donors (Lipinski definition) is 1. The van der Waals surface area contributed by atoms with Gasteiger partial charge in [-0.25, -0.2) is 4.39 Å². The highest BCUT2D eigenvalue weighted by atomic mass is 19.1. The lowest BCUT2D eigenvalue weighted by atomic mass is 10.0. The van der Waals surface area contributed by atoms with Crippen molar-refractivity contribution in [3.63, 3.8) is 0 Å². The van der Waals surface area contributed by atoms with Gasteiger partial charge in [-0.2, -0.15) is 0 Å². The highest BCUT2D eigenvalue weighted by Crippen LogP contribution is 2.18. The molecular formula is C30H33FN2O3. The molecule has 0 spiro atoms. The molecule has 0 aromatic heterocycles. The zero-order valence-corrected chi connectivity index (χ0v) is 20.4. The number of benzene rings is 3. The summed E-state index contributed by atoms with van der Waals surface area (Å²) >= 11 is 0. The molecule has 0 bridgehead atoms. The standard InChI is InChI=1S/C30H33FN2O3/c31-26-16-13-25(14-17-26)22-33(29(34)18-15-23-8-3-1-4-9-23)28(20-24-10-5-2-6-11-24)30(35)32-21-27-12-7-19-36-27/h1-6,8-11,13-14,16-17,27-28H,7,12,15,18-22H2,(H,32,35)/t27-,28-/m1/s1. The van der Waals surface area contributed by atoms with Gasteiger partial charge in [0, 0.05) is 32.5 Å². The summed E-state index contributed by atoms with van der Waals surface area (Å²) in [6.07, 6.45) is 3.15. The predicted molar refractivity (Wildman–Crippen MR) is 138 cm³/mol. The minimum atomic E-state index is -0.706. The second kappa shape index (κ2) is 13.0. The number of rotatable bonds is 11. The van der Waals surface area contributed by atoms with Gasteiger partial charge in [-0.1, -0.05) is 72.8 Å². The van der Waals surface area contributed by atoms with E-state index in [-0.39, 0.29) is 36.7 Å². The van der Waals surface area contributed by atoms with E-state index >= 15 is 0 Å². The van der Waals surface area contributed by atoms with Gasteiger partial charge in [0.15, 0.2) is 0 Å². The molecule has 1 fully saturated rings. The largest absolute Gasteiger partial charge is 0.376 e. The van der Waals surface area contributed by atoms with Crippen LogP contribution in [0.1, 0.15) is 36.0 Å². The fourth-order valence-corrected chi connectivity index (χ4v) is 4.52. The lowest BCUT2D eigenvalue weighted by Crippen LogP contribution is -2.51. The summed E-state index contributed by atoms with van der Waals surface area (Å²) in [6.45, 7) is 1.36. The molecule has 1 heterocycles. The van der Waals surface area contributed by atoms with Crippen LogP contribution in [0.5, 0.6) is 0 Å². The number of nitrogens with zero attached hydrogens (tertiary/aromatic N) is 1. The Kier molecular flexibility index (Phi) is 9.22. The van der Waals surface area contributed by atoms with E-state index in [0.29, 0.717) is 26.0 Å². The van der Waals surface area contributed by atoms with Crippen LogP contribution < -0.4 is 5.32 Å². The van der Waals surface area contributed by atoms with E-state index in [1.54, 1.807) is 17.0 Å². The van der Waals surface area contributed by atoms with Gasteiger partial charge in [0.2, 0.25) is 11.8 Å². The third-order valence-corrected chi connectivity index (χ3v) is 6.54. The molecule has 0 radical (unpaired) electrons. The maximum atomic E-state index is 13.6. The molecule has 0 saturated carbocycles. The Morgan fingerprint density at radius 2 is 1.58 bits per heavy atom. The van der Waals surface area contributed by atoms with Crippen molar-refractivity contribution in [1.29, 1.82) is 0 Å².